The Balaban J connectivity index is 1.74. The standard InChI is InChI=1S/C20H21N5O/c1-13(2)14-4-8-16(9-5-14)23-19-18(24-20-21-12-22-25(19)20)15-6-10-17(26-3)11-7-15/h4-13,23H,1-3H3,(H,21,22,24). The molecule has 0 fully saturated rings. The third kappa shape index (κ3) is 2.90. The van der Waals surface area contributed by atoms with Crippen LogP contribution in [0.5, 0.6) is 5.75 Å². The van der Waals surface area contributed by atoms with Crippen LogP contribution in [0.3, 0.4) is 0 Å². The second-order valence-electron chi connectivity index (χ2n) is 6.46. The fraction of sp³-hybridized carbons (Fsp3) is 0.200. The van der Waals surface area contributed by atoms with E-state index < -0.39 is 0 Å². The first kappa shape index (κ1) is 16.2. The maximum Gasteiger partial charge on any atom is 0.252 e. The summed E-state index contributed by atoms with van der Waals surface area (Å²) in [6.07, 6.45) is 1.63. The largest absolute Gasteiger partial charge is 0.497 e. The van der Waals surface area contributed by atoms with Gasteiger partial charge in [-0.25, -0.2) is 14.5 Å². The van der Waals surface area contributed by atoms with Crippen LogP contribution in [0.1, 0.15) is 25.3 Å². The average molecular weight is 347 g/mol. The molecule has 0 unspecified atom stereocenters. The number of imidazole rings is 1. The molecule has 6 heteroatoms. The van der Waals surface area contributed by atoms with E-state index in [2.05, 4.69) is 58.5 Å². The monoisotopic (exact) mass is 347 g/mol. The number of nitrogens with zero attached hydrogens (tertiary/aromatic N) is 3. The summed E-state index contributed by atoms with van der Waals surface area (Å²) in [4.78, 5) is 8.93. The van der Waals surface area contributed by atoms with E-state index >= 15 is 0 Å². The van der Waals surface area contributed by atoms with E-state index in [1.165, 1.54) is 5.56 Å². The number of H-pyrrole nitrogens is 1. The topological polar surface area (TPSA) is 67.2 Å². The number of aromatic amines is 1. The summed E-state index contributed by atoms with van der Waals surface area (Å²) in [7, 11) is 1.66. The summed E-state index contributed by atoms with van der Waals surface area (Å²) in [6, 6.07) is 16.3. The smallest absolute Gasteiger partial charge is 0.252 e. The molecule has 0 saturated heterocycles. The lowest BCUT2D eigenvalue weighted by Gasteiger charge is -2.10. The Hall–Kier alpha value is -3.28. The van der Waals surface area contributed by atoms with Crippen LogP contribution in [0, 0.1) is 0 Å². The molecule has 0 radical (unpaired) electrons. The molecule has 0 amide bonds. The maximum absolute atomic E-state index is 5.25. The molecule has 0 atom stereocenters. The van der Waals surface area contributed by atoms with Gasteiger partial charge in [0, 0.05) is 11.3 Å². The van der Waals surface area contributed by atoms with Gasteiger partial charge in [0.15, 0.2) is 5.82 Å². The highest BCUT2D eigenvalue weighted by Crippen LogP contribution is 2.31. The van der Waals surface area contributed by atoms with Crippen molar-refractivity contribution in [2.75, 3.05) is 12.4 Å². The number of benzene rings is 2. The summed E-state index contributed by atoms with van der Waals surface area (Å²) in [5, 5.41) is 6.58. The number of aromatic nitrogens is 4. The minimum Gasteiger partial charge on any atom is -0.497 e. The van der Waals surface area contributed by atoms with Gasteiger partial charge >= 0.3 is 0 Å². The molecule has 0 bridgehead atoms. The van der Waals surface area contributed by atoms with E-state index in [0.29, 0.717) is 11.7 Å². The number of fused-ring (bicyclic) bond motifs is 1. The molecule has 4 aromatic rings. The minimum absolute atomic E-state index is 0.508. The summed E-state index contributed by atoms with van der Waals surface area (Å²) >= 11 is 0. The molecule has 0 aliphatic heterocycles. The highest BCUT2D eigenvalue weighted by molar-refractivity contribution is 5.78. The second-order valence-corrected chi connectivity index (χ2v) is 6.46. The van der Waals surface area contributed by atoms with Crippen molar-refractivity contribution >= 4 is 17.3 Å². The molecule has 2 N–H and O–H groups in total. The molecule has 26 heavy (non-hydrogen) atoms. The zero-order valence-corrected chi connectivity index (χ0v) is 15.0. The van der Waals surface area contributed by atoms with Crippen molar-refractivity contribution in [1.82, 2.24) is 19.6 Å². The zero-order valence-electron chi connectivity index (χ0n) is 15.0. The second kappa shape index (κ2) is 6.55. The lowest BCUT2D eigenvalue weighted by Crippen LogP contribution is -1.98. The Morgan fingerprint density at radius 2 is 1.77 bits per heavy atom. The Morgan fingerprint density at radius 3 is 2.42 bits per heavy atom. The normalized spacial score (nSPS) is 11.2. The van der Waals surface area contributed by atoms with Crippen LogP contribution in [-0.2, 0) is 0 Å². The summed E-state index contributed by atoms with van der Waals surface area (Å²) in [5.74, 6) is 2.79. The number of rotatable bonds is 5. The quantitative estimate of drug-likeness (QED) is 0.554. The first-order chi connectivity index (χ1) is 12.7. The third-order valence-corrected chi connectivity index (χ3v) is 4.43. The summed E-state index contributed by atoms with van der Waals surface area (Å²) < 4.78 is 7.09. The van der Waals surface area contributed by atoms with Crippen molar-refractivity contribution in [2.24, 2.45) is 0 Å². The van der Waals surface area contributed by atoms with E-state index in [0.717, 1.165) is 28.5 Å². The number of hydrogen-bond acceptors (Lipinski definition) is 4. The van der Waals surface area contributed by atoms with Crippen molar-refractivity contribution in [3.05, 3.63) is 60.4 Å². The summed E-state index contributed by atoms with van der Waals surface area (Å²) in [6.45, 7) is 4.38. The van der Waals surface area contributed by atoms with Gasteiger partial charge in [0.2, 0.25) is 0 Å². The van der Waals surface area contributed by atoms with Crippen molar-refractivity contribution < 1.29 is 4.74 Å². The molecule has 0 aliphatic carbocycles. The van der Waals surface area contributed by atoms with Crippen LogP contribution in [0.15, 0.2) is 54.9 Å². The van der Waals surface area contributed by atoms with Gasteiger partial charge in [-0.1, -0.05) is 26.0 Å². The molecule has 132 valence electrons. The highest BCUT2D eigenvalue weighted by Gasteiger charge is 2.16. The average Bonchev–Trinajstić information content (AvgIpc) is 3.25. The van der Waals surface area contributed by atoms with Gasteiger partial charge in [0.05, 0.1) is 7.11 Å². The van der Waals surface area contributed by atoms with Gasteiger partial charge in [-0.15, -0.1) is 0 Å². The van der Waals surface area contributed by atoms with Crippen molar-refractivity contribution in [3.63, 3.8) is 0 Å². The van der Waals surface area contributed by atoms with E-state index in [1.807, 2.05) is 28.8 Å². The lowest BCUT2D eigenvalue weighted by molar-refractivity contribution is 0.415. The van der Waals surface area contributed by atoms with E-state index in [-0.39, 0.29) is 0 Å². The van der Waals surface area contributed by atoms with E-state index in [4.69, 9.17) is 4.74 Å². The van der Waals surface area contributed by atoms with Gasteiger partial charge < -0.3 is 10.1 Å². The predicted octanol–water partition coefficient (Wildman–Crippen LogP) is 4.60. The first-order valence-electron chi connectivity index (χ1n) is 8.59. The number of ether oxygens (including phenoxy) is 1. The van der Waals surface area contributed by atoms with Gasteiger partial charge in [-0.2, -0.15) is 0 Å². The molecule has 2 aromatic carbocycles. The van der Waals surface area contributed by atoms with Crippen LogP contribution in [0.4, 0.5) is 11.5 Å². The number of nitrogens with one attached hydrogen (secondary N) is 2. The fourth-order valence-corrected chi connectivity index (χ4v) is 2.92. The Labute approximate surface area is 151 Å². The minimum atomic E-state index is 0.508. The van der Waals surface area contributed by atoms with Gasteiger partial charge in [0.1, 0.15) is 17.8 Å². The number of hydrogen-bond donors (Lipinski definition) is 2. The molecule has 0 saturated carbocycles. The predicted molar refractivity (Wildman–Crippen MR) is 103 cm³/mol. The van der Waals surface area contributed by atoms with Crippen molar-refractivity contribution in [3.8, 4) is 17.0 Å². The van der Waals surface area contributed by atoms with Crippen LogP contribution in [0.2, 0.25) is 0 Å². The fourth-order valence-electron chi connectivity index (χ4n) is 2.92. The Kier molecular flexibility index (Phi) is 4.08. The van der Waals surface area contributed by atoms with Crippen LogP contribution in [0.25, 0.3) is 17.0 Å². The highest BCUT2D eigenvalue weighted by atomic mass is 16.5. The molecule has 6 nitrogen and oxygen atoms in total. The molecule has 0 spiro atoms. The van der Waals surface area contributed by atoms with Gasteiger partial charge in [0.25, 0.3) is 5.78 Å². The molecule has 2 aromatic heterocycles. The molecule has 0 aliphatic rings. The molecule has 4 rings (SSSR count). The van der Waals surface area contributed by atoms with Gasteiger partial charge in [-0.3, -0.25) is 5.10 Å². The zero-order chi connectivity index (χ0) is 18.1. The first-order valence-corrected chi connectivity index (χ1v) is 8.59. The number of methoxy groups -OCH3 is 1. The van der Waals surface area contributed by atoms with Gasteiger partial charge in [-0.05, 0) is 47.9 Å². The summed E-state index contributed by atoms with van der Waals surface area (Å²) in [5.41, 5.74) is 4.14. The van der Waals surface area contributed by atoms with E-state index in [1.54, 1.807) is 13.4 Å². The lowest BCUT2D eigenvalue weighted by atomic mass is 10.0. The maximum atomic E-state index is 5.25. The van der Waals surface area contributed by atoms with Crippen molar-refractivity contribution in [1.29, 1.82) is 0 Å². The van der Waals surface area contributed by atoms with Crippen LogP contribution in [-0.4, -0.2) is 26.7 Å². The Morgan fingerprint density at radius 1 is 1.04 bits per heavy atom. The molecule has 2 heterocycles. The molecular weight excluding hydrogens is 326 g/mol. The molecular formula is C20H21N5O. The Bertz CT molecular complexity index is 1010. The third-order valence-electron chi connectivity index (χ3n) is 4.43. The van der Waals surface area contributed by atoms with Crippen LogP contribution < -0.4 is 10.1 Å². The van der Waals surface area contributed by atoms with E-state index in [9.17, 15) is 0 Å². The SMILES string of the molecule is COc1ccc(-c2nc3nc[nH]n3c2Nc2ccc(C(C)C)cc2)cc1. The number of anilines is 2. The van der Waals surface area contributed by atoms with Crippen LogP contribution >= 0.6 is 0 Å². The van der Waals surface area contributed by atoms with Crippen molar-refractivity contribution in [2.45, 2.75) is 19.8 Å².